The van der Waals surface area contributed by atoms with Crippen LogP contribution < -0.4 is 14.2 Å². The Bertz CT molecular complexity index is 1170. The van der Waals surface area contributed by atoms with E-state index in [2.05, 4.69) is 0 Å². The van der Waals surface area contributed by atoms with Gasteiger partial charge in [0, 0.05) is 12.8 Å². The summed E-state index contributed by atoms with van der Waals surface area (Å²) in [6.07, 6.45) is 0.0828. The number of rotatable bonds is 12. The predicted molar refractivity (Wildman–Crippen MR) is 135 cm³/mol. The predicted octanol–water partition coefficient (Wildman–Crippen LogP) is 5.96. The molecule has 0 unspecified atom stereocenters. The molecule has 0 aliphatic carbocycles. The molecule has 0 heterocycles. The smallest absolute Gasteiger partial charge is 0.345 e. The fraction of sp³-hybridized carbons (Fsp3) is 0.167. The van der Waals surface area contributed by atoms with Crippen LogP contribution in [-0.2, 0) is 24.2 Å². The van der Waals surface area contributed by atoms with Crippen molar-refractivity contribution >= 4 is 5.97 Å². The van der Waals surface area contributed by atoms with Crippen molar-refractivity contribution in [1.82, 2.24) is 0 Å². The summed E-state index contributed by atoms with van der Waals surface area (Å²) in [6.45, 7) is 1.09. The summed E-state index contributed by atoms with van der Waals surface area (Å²) in [5, 5.41) is 9.52. The van der Waals surface area contributed by atoms with Crippen molar-refractivity contribution in [2.45, 2.75) is 25.6 Å². The molecule has 178 valence electrons. The van der Waals surface area contributed by atoms with Crippen molar-refractivity contribution < 1.29 is 24.1 Å². The first-order valence-electron chi connectivity index (χ1n) is 11.6. The summed E-state index contributed by atoms with van der Waals surface area (Å²) < 4.78 is 17.3. The molecule has 5 nitrogen and oxygen atoms in total. The normalized spacial score (nSPS) is 11.4. The molecule has 0 fully saturated rings. The number of aliphatic carboxylic acids is 1. The van der Waals surface area contributed by atoms with Gasteiger partial charge >= 0.3 is 5.97 Å². The highest BCUT2D eigenvalue weighted by atomic mass is 16.5. The Morgan fingerprint density at radius 1 is 0.629 bits per heavy atom. The molecule has 0 aliphatic heterocycles. The van der Waals surface area contributed by atoms with E-state index < -0.39 is 12.1 Å². The molecule has 0 spiro atoms. The van der Waals surface area contributed by atoms with E-state index in [0.29, 0.717) is 19.0 Å². The van der Waals surface area contributed by atoms with Crippen LogP contribution in [0.25, 0.3) is 0 Å². The van der Waals surface area contributed by atoms with Gasteiger partial charge in [-0.1, -0.05) is 72.8 Å². The van der Waals surface area contributed by atoms with Gasteiger partial charge in [0.05, 0.1) is 6.61 Å². The lowest BCUT2D eigenvalue weighted by Crippen LogP contribution is -2.29. The molecule has 4 rings (SSSR count). The second-order valence-electron chi connectivity index (χ2n) is 8.12. The van der Waals surface area contributed by atoms with Crippen LogP contribution in [0.5, 0.6) is 17.2 Å². The lowest BCUT2D eigenvalue weighted by molar-refractivity contribution is -0.145. The average Bonchev–Trinajstić information content (AvgIpc) is 2.90. The van der Waals surface area contributed by atoms with Crippen molar-refractivity contribution in [1.29, 1.82) is 0 Å². The average molecular weight is 469 g/mol. The zero-order valence-corrected chi connectivity index (χ0v) is 19.4. The van der Waals surface area contributed by atoms with Crippen LogP contribution in [0.3, 0.4) is 0 Å². The van der Waals surface area contributed by atoms with Gasteiger partial charge in [0.25, 0.3) is 0 Å². The van der Waals surface area contributed by atoms with E-state index in [1.165, 1.54) is 0 Å². The van der Waals surface area contributed by atoms with Crippen molar-refractivity contribution in [2.75, 3.05) is 6.61 Å². The summed E-state index contributed by atoms with van der Waals surface area (Å²) in [5.74, 6) is 1.12. The van der Waals surface area contributed by atoms with E-state index in [4.69, 9.17) is 14.2 Å². The van der Waals surface area contributed by atoms with E-state index in [9.17, 15) is 9.90 Å². The number of hydrogen-bond acceptors (Lipinski definition) is 4. The SMILES string of the molecule is O=C(O)[C@H](Cc1ccc(OCCc2ccc(OCc3ccccc3)cc2)cc1)Oc1ccccc1. The third kappa shape index (κ3) is 7.64. The van der Waals surface area contributed by atoms with Crippen molar-refractivity contribution in [3.63, 3.8) is 0 Å². The molecule has 1 N–H and O–H groups in total. The Hall–Kier alpha value is -4.25. The molecule has 0 saturated heterocycles. The van der Waals surface area contributed by atoms with E-state index in [-0.39, 0.29) is 6.42 Å². The van der Waals surface area contributed by atoms with Crippen LogP contribution >= 0.6 is 0 Å². The molecular weight excluding hydrogens is 440 g/mol. The molecule has 4 aromatic rings. The highest BCUT2D eigenvalue weighted by Gasteiger charge is 2.20. The largest absolute Gasteiger partial charge is 0.493 e. The number of ether oxygens (including phenoxy) is 3. The van der Waals surface area contributed by atoms with Crippen molar-refractivity contribution in [3.05, 3.63) is 126 Å². The highest BCUT2D eigenvalue weighted by Crippen LogP contribution is 2.18. The summed E-state index contributed by atoms with van der Waals surface area (Å²) in [6, 6.07) is 34.6. The molecule has 0 aromatic heterocycles. The molecule has 5 heteroatoms. The third-order valence-electron chi connectivity index (χ3n) is 5.47. The standard InChI is InChI=1S/C30H28O5/c31-30(32)29(35-28-9-5-2-6-10-28)21-24-13-17-26(18-14-24)33-20-19-23-11-15-27(16-12-23)34-22-25-7-3-1-4-8-25/h1-18,29H,19-22H2,(H,31,32)/t29-/m0/s1. The van der Waals surface area contributed by atoms with E-state index >= 15 is 0 Å². The van der Waals surface area contributed by atoms with E-state index in [1.807, 2.05) is 97.1 Å². The molecular formula is C30H28O5. The third-order valence-corrected chi connectivity index (χ3v) is 5.47. The van der Waals surface area contributed by atoms with Crippen LogP contribution in [-0.4, -0.2) is 23.8 Å². The highest BCUT2D eigenvalue weighted by molar-refractivity contribution is 5.73. The minimum Gasteiger partial charge on any atom is -0.493 e. The zero-order valence-electron chi connectivity index (χ0n) is 19.4. The number of carboxylic acid groups (broad SMARTS) is 1. The first-order valence-corrected chi connectivity index (χ1v) is 11.6. The summed E-state index contributed by atoms with van der Waals surface area (Å²) in [5.41, 5.74) is 3.17. The van der Waals surface area contributed by atoms with Gasteiger partial charge in [-0.25, -0.2) is 4.79 Å². The fourth-order valence-corrected chi connectivity index (χ4v) is 3.56. The van der Waals surface area contributed by atoms with Crippen LogP contribution in [0.2, 0.25) is 0 Å². The monoisotopic (exact) mass is 468 g/mol. The maximum Gasteiger partial charge on any atom is 0.345 e. The Kier molecular flexibility index (Phi) is 8.38. The Morgan fingerprint density at radius 3 is 1.83 bits per heavy atom. The van der Waals surface area contributed by atoms with Gasteiger partial charge in [-0.2, -0.15) is 0 Å². The molecule has 0 saturated carbocycles. The Labute approximate surface area is 205 Å². The topological polar surface area (TPSA) is 65.0 Å². The number of benzene rings is 4. The van der Waals surface area contributed by atoms with Crippen LogP contribution in [0, 0.1) is 0 Å². The lowest BCUT2D eigenvalue weighted by atomic mass is 10.1. The summed E-state index contributed by atoms with van der Waals surface area (Å²) in [7, 11) is 0. The van der Waals surface area contributed by atoms with Gasteiger partial charge in [-0.15, -0.1) is 0 Å². The van der Waals surface area contributed by atoms with Crippen LogP contribution in [0.4, 0.5) is 0 Å². The van der Waals surface area contributed by atoms with E-state index in [0.717, 1.165) is 34.6 Å². The van der Waals surface area contributed by atoms with Gasteiger partial charge in [0.1, 0.15) is 23.9 Å². The van der Waals surface area contributed by atoms with Crippen LogP contribution in [0.15, 0.2) is 109 Å². The van der Waals surface area contributed by atoms with E-state index in [1.54, 1.807) is 12.1 Å². The maximum atomic E-state index is 11.6. The molecule has 0 bridgehead atoms. The number of carboxylic acids is 1. The van der Waals surface area contributed by atoms with Gasteiger partial charge in [0.15, 0.2) is 6.10 Å². The van der Waals surface area contributed by atoms with Crippen LogP contribution in [0.1, 0.15) is 16.7 Å². The lowest BCUT2D eigenvalue weighted by Gasteiger charge is -2.15. The number of hydrogen-bond donors (Lipinski definition) is 1. The first-order chi connectivity index (χ1) is 17.2. The van der Waals surface area contributed by atoms with Gasteiger partial charge < -0.3 is 19.3 Å². The Balaban J connectivity index is 1.22. The van der Waals surface area contributed by atoms with Gasteiger partial charge in [-0.3, -0.25) is 0 Å². The molecule has 1 atom stereocenters. The second kappa shape index (κ2) is 12.3. The molecule has 0 radical (unpaired) electrons. The maximum absolute atomic E-state index is 11.6. The minimum absolute atomic E-state index is 0.267. The minimum atomic E-state index is -0.995. The molecule has 4 aromatic carbocycles. The molecule has 0 aliphatic rings. The van der Waals surface area contributed by atoms with Crippen molar-refractivity contribution in [3.8, 4) is 17.2 Å². The van der Waals surface area contributed by atoms with Gasteiger partial charge in [-0.05, 0) is 53.1 Å². The molecule has 0 amide bonds. The molecule has 35 heavy (non-hydrogen) atoms. The van der Waals surface area contributed by atoms with Gasteiger partial charge in [0.2, 0.25) is 0 Å². The second-order valence-corrected chi connectivity index (χ2v) is 8.12. The quantitative estimate of drug-likeness (QED) is 0.278. The number of carbonyl (C=O) groups is 1. The number of para-hydroxylation sites is 1. The van der Waals surface area contributed by atoms with Crippen molar-refractivity contribution in [2.24, 2.45) is 0 Å². The summed E-state index contributed by atoms with van der Waals surface area (Å²) in [4.78, 5) is 11.6. The fourth-order valence-electron chi connectivity index (χ4n) is 3.56. The first kappa shape index (κ1) is 23.9. The zero-order chi connectivity index (χ0) is 24.3. The Morgan fingerprint density at radius 2 is 1.20 bits per heavy atom. The summed E-state index contributed by atoms with van der Waals surface area (Å²) >= 11 is 0.